The van der Waals surface area contributed by atoms with Crippen LogP contribution in [0.2, 0.25) is 0 Å². The van der Waals surface area contributed by atoms with Crippen molar-refractivity contribution in [3.8, 4) is 0 Å². The first-order valence-electron chi connectivity index (χ1n) is 7.42. The maximum absolute atomic E-state index is 11.9. The lowest BCUT2D eigenvalue weighted by Crippen LogP contribution is -2.18. The highest BCUT2D eigenvalue weighted by Gasteiger charge is 2.29. The molecule has 1 saturated carbocycles. The average molecular weight is 311 g/mol. The highest BCUT2D eigenvalue weighted by atomic mass is 16.3. The molecule has 1 aromatic carbocycles. The normalized spacial score (nSPS) is 14.0. The van der Waals surface area contributed by atoms with Gasteiger partial charge < -0.3 is 9.73 Å². The molecule has 0 saturated heterocycles. The van der Waals surface area contributed by atoms with Crippen LogP contribution in [0.25, 0.3) is 0 Å². The minimum atomic E-state index is -0.329. The van der Waals surface area contributed by atoms with Crippen molar-refractivity contribution in [1.29, 1.82) is 0 Å². The van der Waals surface area contributed by atoms with E-state index in [1.54, 1.807) is 30.3 Å². The maximum Gasteiger partial charge on any atom is 0.271 e. The lowest BCUT2D eigenvalue weighted by molar-refractivity contribution is -0.117. The van der Waals surface area contributed by atoms with Crippen LogP contribution in [0.4, 0.5) is 5.69 Å². The molecule has 0 aliphatic heterocycles. The largest absolute Gasteiger partial charge is 0.460 e. The summed E-state index contributed by atoms with van der Waals surface area (Å²) < 4.78 is 5.31. The van der Waals surface area contributed by atoms with Gasteiger partial charge in [0, 0.05) is 17.2 Å². The zero-order chi connectivity index (χ0) is 16.2. The first-order valence-corrected chi connectivity index (χ1v) is 7.42. The number of benzene rings is 1. The standard InChI is InChI=1S/C17H17N3O3/c1-11-2-9-15(23-11)10-18-20-17(22)13-5-7-14(8-6-13)19-16(21)12-3-4-12/h2,5-10,12H,3-4H2,1H3,(H,19,21)(H,20,22)/b18-10+. The summed E-state index contributed by atoms with van der Waals surface area (Å²) in [5, 5.41) is 6.67. The Balaban J connectivity index is 1.54. The topological polar surface area (TPSA) is 83.7 Å². The molecule has 1 aromatic heterocycles. The molecule has 1 fully saturated rings. The van der Waals surface area contributed by atoms with Crippen molar-refractivity contribution < 1.29 is 14.0 Å². The van der Waals surface area contributed by atoms with Crippen molar-refractivity contribution in [2.45, 2.75) is 19.8 Å². The van der Waals surface area contributed by atoms with E-state index in [1.165, 1.54) is 6.21 Å². The van der Waals surface area contributed by atoms with E-state index in [0.29, 0.717) is 17.0 Å². The Kier molecular flexibility index (Phi) is 4.23. The van der Waals surface area contributed by atoms with Gasteiger partial charge in [-0.3, -0.25) is 9.59 Å². The predicted molar refractivity (Wildman–Crippen MR) is 86.3 cm³/mol. The van der Waals surface area contributed by atoms with Gasteiger partial charge in [-0.1, -0.05) is 0 Å². The third-order valence-electron chi connectivity index (χ3n) is 3.48. The summed E-state index contributed by atoms with van der Waals surface area (Å²) in [7, 11) is 0. The van der Waals surface area contributed by atoms with Crippen LogP contribution in [0.15, 0.2) is 45.9 Å². The summed E-state index contributed by atoms with van der Waals surface area (Å²) in [6, 6.07) is 10.3. The summed E-state index contributed by atoms with van der Waals surface area (Å²) in [6.45, 7) is 1.83. The minimum Gasteiger partial charge on any atom is -0.460 e. The number of amides is 2. The molecule has 1 aliphatic rings. The molecule has 2 aromatic rings. The highest BCUT2D eigenvalue weighted by molar-refractivity contribution is 5.97. The van der Waals surface area contributed by atoms with Crippen molar-refractivity contribution in [2.75, 3.05) is 5.32 Å². The van der Waals surface area contributed by atoms with Crippen molar-refractivity contribution in [3.63, 3.8) is 0 Å². The molecule has 1 aliphatic carbocycles. The van der Waals surface area contributed by atoms with Crippen LogP contribution >= 0.6 is 0 Å². The van der Waals surface area contributed by atoms with Gasteiger partial charge in [0.25, 0.3) is 5.91 Å². The third-order valence-corrected chi connectivity index (χ3v) is 3.48. The number of aryl methyl sites for hydroxylation is 1. The number of hydrazone groups is 1. The van der Waals surface area contributed by atoms with Crippen molar-refractivity contribution in [1.82, 2.24) is 5.43 Å². The fourth-order valence-corrected chi connectivity index (χ4v) is 2.04. The fourth-order valence-electron chi connectivity index (χ4n) is 2.04. The number of hydrogen-bond donors (Lipinski definition) is 2. The monoisotopic (exact) mass is 311 g/mol. The van der Waals surface area contributed by atoms with E-state index in [9.17, 15) is 9.59 Å². The van der Waals surface area contributed by atoms with E-state index in [1.807, 2.05) is 13.0 Å². The van der Waals surface area contributed by atoms with Gasteiger partial charge >= 0.3 is 0 Å². The molecule has 2 amide bonds. The molecule has 23 heavy (non-hydrogen) atoms. The van der Waals surface area contributed by atoms with Gasteiger partial charge in [-0.05, 0) is 56.2 Å². The Morgan fingerprint density at radius 1 is 1.17 bits per heavy atom. The summed E-state index contributed by atoms with van der Waals surface area (Å²) in [4.78, 5) is 23.6. The van der Waals surface area contributed by atoms with Crippen LogP contribution < -0.4 is 10.7 Å². The number of nitrogens with zero attached hydrogens (tertiary/aromatic N) is 1. The fraction of sp³-hybridized carbons (Fsp3) is 0.235. The second-order valence-electron chi connectivity index (χ2n) is 5.49. The van der Waals surface area contributed by atoms with E-state index in [-0.39, 0.29) is 17.7 Å². The SMILES string of the molecule is Cc1ccc(/C=N/NC(=O)c2ccc(NC(=O)C3CC3)cc2)o1. The molecule has 0 atom stereocenters. The van der Waals surface area contributed by atoms with Crippen LogP contribution in [0.5, 0.6) is 0 Å². The Bertz CT molecular complexity index is 743. The summed E-state index contributed by atoms with van der Waals surface area (Å²) in [5.74, 6) is 1.21. The van der Waals surface area contributed by atoms with Gasteiger partial charge in [0.1, 0.15) is 11.5 Å². The number of nitrogens with one attached hydrogen (secondary N) is 2. The van der Waals surface area contributed by atoms with Gasteiger partial charge in [0.15, 0.2) is 0 Å². The van der Waals surface area contributed by atoms with Gasteiger partial charge in [-0.25, -0.2) is 5.43 Å². The highest BCUT2D eigenvalue weighted by Crippen LogP contribution is 2.30. The Hall–Kier alpha value is -2.89. The quantitative estimate of drug-likeness (QED) is 0.658. The van der Waals surface area contributed by atoms with Gasteiger partial charge in [0.05, 0.1) is 6.21 Å². The van der Waals surface area contributed by atoms with Crippen LogP contribution in [-0.4, -0.2) is 18.0 Å². The van der Waals surface area contributed by atoms with Crippen LogP contribution in [0, 0.1) is 12.8 Å². The molecule has 0 unspecified atom stereocenters. The van der Waals surface area contributed by atoms with E-state index < -0.39 is 0 Å². The predicted octanol–water partition coefficient (Wildman–Crippen LogP) is 2.70. The summed E-state index contributed by atoms with van der Waals surface area (Å²) >= 11 is 0. The number of carbonyl (C=O) groups excluding carboxylic acids is 2. The number of hydrogen-bond acceptors (Lipinski definition) is 4. The Morgan fingerprint density at radius 3 is 2.52 bits per heavy atom. The molecule has 0 bridgehead atoms. The minimum absolute atomic E-state index is 0.0422. The van der Waals surface area contributed by atoms with Crippen LogP contribution in [0.1, 0.15) is 34.7 Å². The van der Waals surface area contributed by atoms with E-state index >= 15 is 0 Å². The molecular weight excluding hydrogens is 294 g/mol. The molecule has 6 nitrogen and oxygen atoms in total. The number of anilines is 1. The van der Waals surface area contributed by atoms with Crippen molar-refractivity contribution in [2.24, 2.45) is 11.0 Å². The van der Waals surface area contributed by atoms with Crippen molar-refractivity contribution in [3.05, 3.63) is 53.5 Å². The third kappa shape index (κ3) is 4.06. The van der Waals surface area contributed by atoms with Gasteiger partial charge in [-0.2, -0.15) is 5.10 Å². The Labute approximate surface area is 133 Å². The molecule has 6 heteroatoms. The van der Waals surface area contributed by atoms with Gasteiger partial charge in [0.2, 0.25) is 5.91 Å². The second-order valence-corrected chi connectivity index (χ2v) is 5.49. The number of carbonyl (C=O) groups is 2. The zero-order valence-electron chi connectivity index (χ0n) is 12.7. The van der Waals surface area contributed by atoms with E-state index in [0.717, 1.165) is 18.6 Å². The van der Waals surface area contributed by atoms with Crippen LogP contribution in [-0.2, 0) is 4.79 Å². The summed E-state index contributed by atoms with van der Waals surface area (Å²) in [5.41, 5.74) is 3.58. The molecule has 2 N–H and O–H groups in total. The van der Waals surface area contributed by atoms with Gasteiger partial charge in [-0.15, -0.1) is 0 Å². The average Bonchev–Trinajstić information content (AvgIpc) is 3.31. The first-order chi connectivity index (χ1) is 11.1. The van der Waals surface area contributed by atoms with Crippen molar-refractivity contribution >= 4 is 23.7 Å². The van der Waals surface area contributed by atoms with Crippen LogP contribution in [0.3, 0.4) is 0 Å². The van der Waals surface area contributed by atoms with E-state index in [4.69, 9.17) is 4.42 Å². The molecule has 3 rings (SSSR count). The lowest BCUT2D eigenvalue weighted by atomic mass is 10.2. The zero-order valence-corrected chi connectivity index (χ0v) is 12.7. The molecule has 0 spiro atoms. The first kappa shape index (κ1) is 15.0. The summed E-state index contributed by atoms with van der Waals surface area (Å²) in [6.07, 6.45) is 3.36. The van der Waals surface area contributed by atoms with E-state index in [2.05, 4.69) is 15.8 Å². The smallest absolute Gasteiger partial charge is 0.271 e. The molecule has 1 heterocycles. The molecule has 0 radical (unpaired) electrons. The maximum atomic E-state index is 11.9. The number of rotatable bonds is 5. The molecular formula is C17H17N3O3. The second kappa shape index (κ2) is 6.48. The Morgan fingerprint density at radius 2 is 1.91 bits per heavy atom. The lowest BCUT2D eigenvalue weighted by Gasteiger charge is -2.05. The number of furan rings is 1. The molecule has 118 valence electrons.